The van der Waals surface area contributed by atoms with Crippen molar-refractivity contribution >= 4 is 28.4 Å². The quantitative estimate of drug-likeness (QED) is 0.305. The van der Waals surface area contributed by atoms with Gasteiger partial charge >= 0.3 is 0 Å². The summed E-state index contributed by atoms with van der Waals surface area (Å²) in [6, 6.07) is 23.2. The van der Waals surface area contributed by atoms with Crippen LogP contribution in [0.2, 0.25) is 0 Å². The number of nitrogens with zero attached hydrogens (tertiary/aromatic N) is 3. The van der Waals surface area contributed by atoms with E-state index in [0.717, 1.165) is 23.0 Å². The number of para-hydroxylation sites is 1. The molecule has 3 aromatic carbocycles. The number of aliphatic hydroxyl groups is 1. The van der Waals surface area contributed by atoms with Gasteiger partial charge in [-0.15, -0.1) is 0 Å². The van der Waals surface area contributed by atoms with Crippen LogP contribution in [0.15, 0.2) is 79.0 Å². The fourth-order valence-corrected chi connectivity index (χ4v) is 5.73. The van der Waals surface area contributed by atoms with Gasteiger partial charge in [-0.3, -0.25) is 14.5 Å². The van der Waals surface area contributed by atoms with Gasteiger partial charge in [0.25, 0.3) is 5.91 Å². The third-order valence-corrected chi connectivity index (χ3v) is 8.07. The Morgan fingerprint density at radius 1 is 1.12 bits per heavy atom. The number of hydrogen-bond acceptors (Lipinski definition) is 5. The van der Waals surface area contributed by atoms with Crippen LogP contribution in [0.25, 0.3) is 10.9 Å². The van der Waals surface area contributed by atoms with E-state index >= 15 is 0 Å². The van der Waals surface area contributed by atoms with Gasteiger partial charge < -0.3 is 24.6 Å². The molecule has 0 radical (unpaired) electrons. The molecule has 2 N–H and O–H groups in total. The van der Waals surface area contributed by atoms with E-state index in [9.17, 15) is 14.7 Å². The Hall–Kier alpha value is -4.14. The van der Waals surface area contributed by atoms with Gasteiger partial charge in [0.2, 0.25) is 5.91 Å². The van der Waals surface area contributed by atoms with Gasteiger partial charge in [-0.1, -0.05) is 55.5 Å². The number of benzene rings is 3. The van der Waals surface area contributed by atoms with Crippen molar-refractivity contribution in [2.75, 3.05) is 32.1 Å². The summed E-state index contributed by atoms with van der Waals surface area (Å²) in [7, 11) is 4.04. The highest BCUT2D eigenvalue weighted by atomic mass is 16.5. The van der Waals surface area contributed by atoms with Crippen molar-refractivity contribution < 1.29 is 19.4 Å². The number of aliphatic hydroxyl groups excluding tert-OH is 1. The molecule has 0 unspecified atom stereocenters. The molecule has 2 amide bonds. The molecule has 1 aliphatic heterocycles. The van der Waals surface area contributed by atoms with Crippen molar-refractivity contribution in [3.63, 3.8) is 0 Å². The molecular formula is C34H40N4O4. The average molecular weight is 569 g/mol. The number of nitrogens with one attached hydrogen (secondary N) is 1. The van der Waals surface area contributed by atoms with E-state index < -0.39 is 0 Å². The van der Waals surface area contributed by atoms with Crippen LogP contribution in [0.3, 0.4) is 0 Å². The van der Waals surface area contributed by atoms with E-state index in [1.165, 1.54) is 5.56 Å². The Balaban J connectivity index is 1.37. The van der Waals surface area contributed by atoms with Crippen LogP contribution >= 0.6 is 0 Å². The lowest BCUT2D eigenvalue weighted by Crippen LogP contribution is -2.49. The van der Waals surface area contributed by atoms with Crippen LogP contribution in [0, 0.1) is 5.92 Å². The molecule has 8 heteroatoms. The Labute approximate surface area is 247 Å². The van der Waals surface area contributed by atoms with Gasteiger partial charge in [-0.05, 0) is 49.4 Å². The summed E-state index contributed by atoms with van der Waals surface area (Å²) < 4.78 is 8.55. The van der Waals surface area contributed by atoms with Crippen molar-refractivity contribution in [2.45, 2.75) is 39.0 Å². The monoisotopic (exact) mass is 568 g/mol. The number of carbonyl (C=O) groups excluding carboxylic acids is 2. The molecule has 3 atom stereocenters. The molecule has 1 aliphatic rings. The number of rotatable bonds is 9. The lowest BCUT2D eigenvalue weighted by molar-refractivity contribution is -0.115. The smallest absolute Gasteiger partial charge is 0.258 e. The second kappa shape index (κ2) is 12.8. The zero-order valence-electron chi connectivity index (χ0n) is 24.8. The minimum absolute atomic E-state index is 0.0226. The topological polar surface area (TPSA) is 87.0 Å². The summed E-state index contributed by atoms with van der Waals surface area (Å²) in [5.74, 6) is 0.112. The molecule has 42 heavy (non-hydrogen) atoms. The second-order valence-corrected chi connectivity index (χ2v) is 11.5. The normalized spacial score (nSPS) is 17.9. The summed E-state index contributed by atoms with van der Waals surface area (Å²) in [6.07, 6.45) is 2.00. The van der Waals surface area contributed by atoms with Crippen LogP contribution in [0.1, 0.15) is 35.3 Å². The van der Waals surface area contributed by atoms with E-state index in [0.29, 0.717) is 30.1 Å². The number of carbonyl (C=O) groups is 2. The predicted octanol–water partition coefficient (Wildman–Crippen LogP) is 4.71. The Morgan fingerprint density at radius 2 is 1.86 bits per heavy atom. The van der Waals surface area contributed by atoms with Gasteiger partial charge in [0.1, 0.15) is 11.9 Å². The standard InChI is InChI=1S/C34H40N4O4/c1-23-18-38(24(2)22-39)34(41)29-17-27(35-33(40)16-26-20-37(4)30-13-9-8-12-28(26)30)14-15-31(29)42-32(23)21-36(3)19-25-10-6-5-7-11-25/h5-15,17,20,23-24,32,39H,16,18-19,21-22H2,1-4H3,(H,35,40)/t23-,24+,32-/m0/s1. The summed E-state index contributed by atoms with van der Waals surface area (Å²) in [6.45, 7) is 5.67. The van der Waals surface area contributed by atoms with Crippen molar-refractivity contribution in [3.05, 3.63) is 95.7 Å². The van der Waals surface area contributed by atoms with Crippen LogP contribution in [0.4, 0.5) is 5.69 Å². The van der Waals surface area contributed by atoms with E-state index in [4.69, 9.17) is 4.74 Å². The lowest BCUT2D eigenvalue weighted by Gasteiger charge is -2.38. The third kappa shape index (κ3) is 6.50. The number of ether oxygens (including phenoxy) is 1. The van der Waals surface area contributed by atoms with Gasteiger partial charge in [-0.2, -0.15) is 0 Å². The first-order chi connectivity index (χ1) is 20.2. The summed E-state index contributed by atoms with van der Waals surface area (Å²) in [5.41, 5.74) is 4.13. The minimum Gasteiger partial charge on any atom is -0.488 e. The number of fused-ring (bicyclic) bond motifs is 2. The zero-order chi connectivity index (χ0) is 29.8. The number of anilines is 1. The molecule has 1 aromatic heterocycles. The molecule has 8 nitrogen and oxygen atoms in total. The molecule has 0 fully saturated rings. The Bertz CT molecular complexity index is 1550. The highest BCUT2D eigenvalue weighted by Crippen LogP contribution is 2.31. The first kappa shape index (κ1) is 29.4. The largest absolute Gasteiger partial charge is 0.488 e. The molecule has 0 spiro atoms. The first-order valence-corrected chi connectivity index (χ1v) is 14.5. The van der Waals surface area contributed by atoms with E-state index in [1.807, 2.05) is 67.2 Å². The van der Waals surface area contributed by atoms with Crippen LogP contribution in [-0.4, -0.2) is 70.2 Å². The van der Waals surface area contributed by atoms with E-state index in [1.54, 1.807) is 23.1 Å². The maximum atomic E-state index is 13.8. The summed E-state index contributed by atoms with van der Waals surface area (Å²) in [5, 5.41) is 14.0. The fraction of sp³-hybridized carbons (Fsp3) is 0.353. The van der Waals surface area contributed by atoms with E-state index in [-0.39, 0.29) is 42.9 Å². The first-order valence-electron chi connectivity index (χ1n) is 14.5. The summed E-state index contributed by atoms with van der Waals surface area (Å²) in [4.78, 5) is 30.8. The van der Waals surface area contributed by atoms with Crippen LogP contribution in [0.5, 0.6) is 5.75 Å². The Kier molecular flexibility index (Phi) is 8.94. The third-order valence-electron chi connectivity index (χ3n) is 8.07. The Morgan fingerprint density at radius 3 is 2.62 bits per heavy atom. The lowest BCUT2D eigenvalue weighted by atomic mass is 9.99. The van der Waals surface area contributed by atoms with Crippen LogP contribution in [-0.2, 0) is 24.8 Å². The summed E-state index contributed by atoms with van der Waals surface area (Å²) >= 11 is 0. The maximum absolute atomic E-state index is 13.8. The molecule has 4 aromatic rings. The van der Waals surface area contributed by atoms with Crippen molar-refractivity contribution in [1.29, 1.82) is 0 Å². The number of hydrogen-bond donors (Lipinski definition) is 2. The molecule has 220 valence electrons. The fourth-order valence-electron chi connectivity index (χ4n) is 5.73. The molecule has 2 heterocycles. The van der Waals surface area contributed by atoms with Gasteiger partial charge in [-0.25, -0.2) is 0 Å². The van der Waals surface area contributed by atoms with Gasteiger partial charge in [0.05, 0.1) is 24.6 Å². The van der Waals surface area contributed by atoms with Gasteiger partial charge in [0, 0.05) is 55.4 Å². The number of aromatic nitrogens is 1. The molecule has 0 aliphatic carbocycles. The zero-order valence-corrected chi connectivity index (χ0v) is 24.8. The molecule has 0 saturated heterocycles. The van der Waals surface area contributed by atoms with E-state index in [2.05, 4.69) is 36.3 Å². The molecule has 5 rings (SSSR count). The molecule has 0 bridgehead atoms. The average Bonchev–Trinajstić information content (AvgIpc) is 3.29. The maximum Gasteiger partial charge on any atom is 0.258 e. The molecular weight excluding hydrogens is 528 g/mol. The van der Waals surface area contributed by atoms with Crippen molar-refractivity contribution in [2.24, 2.45) is 13.0 Å². The number of aryl methyl sites for hydroxylation is 1. The second-order valence-electron chi connectivity index (χ2n) is 11.5. The highest BCUT2D eigenvalue weighted by molar-refractivity contribution is 6.00. The number of amides is 2. The number of likely N-dealkylation sites (N-methyl/N-ethyl adjacent to an activating group) is 1. The highest BCUT2D eigenvalue weighted by Gasteiger charge is 2.33. The van der Waals surface area contributed by atoms with Gasteiger partial charge in [0.15, 0.2) is 0 Å². The van der Waals surface area contributed by atoms with Crippen molar-refractivity contribution in [3.8, 4) is 5.75 Å². The predicted molar refractivity (Wildman–Crippen MR) is 166 cm³/mol. The SMILES string of the molecule is C[C@H](CO)N1C[C@H](C)[C@H](CN(C)Cc2ccccc2)Oc2ccc(NC(=O)Cc3cn(C)c4ccccc34)cc2C1=O. The van der Waals surface area contributed by atoms with Crippen molar-refractivity contribution in [1.82, 2.24) is 14.4 Å². The minimum atomic E-state index is -0.363. The molecule has 0 saturated carbocycles. The van der Waals surface area contributed by atoms with Crippen LogP contribution < -0.4 is 10.1 Å².